The third-order valence-corrected chi connectivity index (χ3v) is 16.8. The van der Waals surface area contributed by atoms with Gasteiger partial charge in [-0.1, -0.05) is 221 Å². The fourth-order valence-corrected chi connectivity index (χ4v) is 11.9. The van der Waals surface area contributed by atoms with Crippen molar-refractivity contribution in [3.8, 4) is 39.6 Å². The molecule has 0 fully saturated rings. The first-order valence-corrected chi connectivity index (χ1v) is 28.6. The van der Waals surface area contributed by atoms with Crippen LogP contribution in [0.4, 0.5) is 22.7 Å². The van der Waals surface area contributed by atoms with E-state index in [1.807, 2.05) is 12.3 Å². The molecular formula is C77H74N4OPt. The maximum Gasteiger partial charge on any atom is 4.00 e. The van der Waals surface area contributed by atoms with Gasteiger partial charge in [0, 0.05) is 51.1 Å². The van der Waals surface area contributed by atoms with Crippen LogP contribution < -0.4 is 14.5 Å². The summed E-state index contributed by atoms with van der Waals surface area (Å²) < 4.78 is 9.30. The molecule has 0 bridgehead atoms. The van der Waals surface area contributed by atoms with E-state index >= 15 is 0 Å². The third kappa shape index (κ3) is 11.0. The van der Waals surface area contributed by atoms with Crippen LogP contribution in [-0.4, -0.2) is 9.55 Å². The molecule has 0 saturated heterocycles. The van der Waals surface area contributed by atoms with Crippen molar-refractivity contribution in [2.24, 2.45) is 0 Å². The summed E-state index contributed by atoms with van der Waals surface area (Å²) in [4.78, 5) is 9.66. The summed E-state index contributed by atoms with van der Waals surface area (Å²) >= 11 is 0. The molecule has 0 saturated carbocycles. The molecule has 2 aromatic heterocycles. The normalized spacial score (nSPS) is 12.7. The number of fused-ring (bicyclic) bond motifs is 4. The molecule has 11 aromatic rings. The van der Waals surface area contributed by atoms with Gasteiger partial charge in [0.1, 0.15) is 5.82 Å². The van der Waals surface area contributed by atoms with Gasteiger partial charge in [-0.05, 0) is 121 Å². The van der Waals surface area contributed by atoms with Crippen molar-refractivity contribution in [3.05, 3.63) is 278 Å². The number of aromatic nitrogens is 2. The zero-order valence-corrected chi connectivity index (χ0v) is 52.2. The molecule has 9 aromatic carbocycles. The van der Waals surface area contributed by atoms with Crippen LogP contribution in [0.2, 0.25) is 0 Å². The average Bonchev–Trinajstić information content (AvgIpc) is 4.09. The number of rotatable bonds is 13. The minimum absolute atomic E-state index is 0. The van der Waals surface area contributed by atoms with Crippen LogP contribution in [-0.2, 0) is 37.3 Å². The minimum Gasteiger partial charge on any atom is -0.509 e. The number of pyridine rings is 1. The smallest absolute Gasteiger partial charge is 0.509 e. The maximum atomic E-state index is 7.08. The van der Waals surface area contributed by atoms with Gasteiger partial charge in [0.2, 0.25) is 0 Å². The Kier molecular flexibility index (Phi) is 16.1. The van der Waals surface area contributed by atoms with Gasteiger partial charge in [-0.15, -0.1) is 53.6 Å². The average molecular weight is 1270 g/mol. The Morgan fingerprint density at radius 3 is 1.69 bits per heavy atom. The van der Waals surface area contributed by atoms with E-state index in [4.69, 9.17) is 9.72 Å². The first-order valence-electron chi connectivity index (χ1n) is 28.6. The van der Waals surface area contributed by atoms with Crippen molar-refractivity contribution >= 4 is 44.6 Å². The number of ether oxygens (including phenoxy) is 1. The van der Waals surface area contributed by atoms with Gasteiger partial charge >= 0.3 is 21.1 Å². The van der Waals surface area contributed by atoms with Crippen LogP contribution >= 0.6 is 0 Å². The largest absolute Gasteiger partial charge is 4.00 e. The third-order valence-electron chi connectivity index (χ3n) is 16.8. The topological polar surface area (TPSA) is 33.5 Å². The van der Waals surface area contributed by atoms with Crippen molar-refractivity contribution in [2.75, 3.05) is 9.80 Å². The molecule has 0 amide bonds. The molecule has 0 atom stereocenters. The van der Waals surface area contributed by atoms with Gasteiger partial charge in [0.15, 0.2) is 0 Å². The van der Waals surface area contributed by atoms with E-state index in [9.17, 15) is 0 Å². The molecule has 5 nitrogen and oxygen atoms in total. The van der Waals surface area contributed by atoms with Crippen molar-refractivity contribution in [2.45, 2.75) is 104 Å². The second-order valence-corrected chi connectivity index (χ2v) is 24.6. The number of hydrogen-bond acceptors (Lipinski definition) is 4. The molecular weight excluding hydrogens is 1190 g/mol. The predicted octanol–water partition coefficient (Wildman–Crippen LogP) is 21.0. The molecule has 1 aliphatic rings. The van der Waals surface area contributed by atoms with Crippen LogP contribution in [0, 0.1) is 26.2 Å². The molecule has 1 aliphatic heterocycles. The summed E-state index contributed by atoms with van der Waals surface area (Å²) in [6.07, 6.45) is 1.92. The fourth-order valence-electron chi connectivity index (χ4n) is 11.9. The Morgan fingerprint density at radius 1 is 0.470 bits per heavy atom. The van der Waals surface area contributed by atoms with Gasteiger partial charge in [-0.2, -0.15) is 6.07 Å². The molecule has 0 unspecified atom stereocenters. The molecule has 0 N–H and O–H groups in total. The fraction of sp³-hybridized carbons (Fsp3) is 0.208. The van der Waals surface area contributed by atoms with Crippen LogP contribution in [0.1, 0.15) is 127 Å². The molecule has 6 heteroatoms. The number of hydrogen-bond donors (Lipinski definition) is 0. The van der Waals surface area contributed by atoms with E-state index in [-0.39, 0.29) is 44.7 Å². The second kappa shape index (κ2) is 23.0. The molecule has 12 rings (SSSR count). The zero-order chi connectivity index (χ0) is 56.4. The molecule has 0 aliphatic carbocycles. The van der Waals surface area contributed by atoms with Crippen molar-refractivity contribution in [3.63, 3.8) is 0 Å². The molecule has 0 radical (unpaired) electrons. The first kappa shape index (κ1) is 58.2. The van der Waals surface area contributed by atoms with Crippen LogP contribution in [0.25, 0.3) is 49.9 Å². The Bertz CT molecular complexity index is 4020. The maximum absolute atomic E-state index is 7.08. The summed E-state index contributed by atoms with van der Waals surface area (Å²) in [6, 6.07) is 82.5. The van der Waals surface area contributed by atoms with E-state index in [1.165, 1.54) is 50.1 Å². The summed E-state index contributed by atoms with van der Waals surface area (Å²) in [5.74, 6) is 2.65. The Labute approximate surface area is 507 Å². The standard InChI is InChI=1S/C76H71N4O.CH3.Pt/c1-50(2)64-31-23-32-65(51(3)4)73(64)53-34-37-69-71(42-53)79(49-78(69)61-44-58(75(8,9)55-26-17-13-18-27-55)43-59(45-61)76(10,11)56-28-19-14-20-29-56)60-40-54(52-24-15-12-16-25-52)41-63(47-60)81-62-35-36-67-66-30-21-22-33-68(66)80(70(67)48-62)72-46-57(38-39-77-72)74(5,6)7;;/h12-46,49-51H,1-11H3;1H3;/q-3;-1;+4. The Morgan fingerprint density at radius 2 is 1.07 bits per heavy atom. The minimum atomic E-state index is -0.315. The number of nitrogens with zero attached hydrogens (tertiary/aromatic N) is 4. The van der Waals surface area contributed by atoms with Crippen molar-refractivity contribution in [1.82, 2.24) is 9.55 Å². The van der Waals surface area contributed by atoms with E-state index in [1.54, 1.807) is 0 Å². The molecule has 3 heterocycles. The number of para-hydroxylation sites is 1. The second-order valence-electron chi connectivity index (χ2n) is 24.6. The van der Waals surface area contributed by atoms with Gasteiger partial charge in [-0.25, -0.2) is 4.98 Å². The Balaban J connectivity index is 0.00000385. The molecule has 83 heavy (non-hydrogen) atoms. The van der Waals surface area contributed by atoms with Crippen molar-refractivity contribution in [1.29, 1.82) is 0 Å². The number of benzene rings is 9. The summed E-state index contributed by atoms with van der Waals surface area (Å²) in [6.45, 7) is 27.6. The number of anilines is 4. The summed E-state index contributed by atoms with van der Waals surface area (Å²) in [5.41, 5.74) is 18.8. The van der Waals surface area contributed by atoms with Crippen LogP contribution in [0.5, 0.6) is 11.5 Å². The van der Waals surface area contributed by atoms with Crippen molar-refractivity contribution < 1.29 is 25.8 Å². The zero-order valence-electron chi connectivity index (χ0n) is 50.0. The van der Waals surface area contributed by atoms with Gasteiger partial charge in [0.25, 0.3) is 0 Å². The first-order chi connectivity index (χ1) is 38.9. The van der Waals surface area contributed by atoms with Gasteiger partial charge in [-0.3, -0.25) is 0 Å². The van der Waals surface area contributed by atoms with E-state index in [2.05, 4.69) is 310 Å². The molecule has 418 valence electrons. The summed E-state index contributed by atoms with van der Waals surface area (Å²) in [5, 5.41) is 2.21. The van der Waals surface area contributed by atoms with Crippen LogP contribution in [0.15, 0.2) is 212 Å². The van der Waals surface area contributed by atoms with Crippen LogP contribution in [0.3, 0.4) is 0 Å². The SMILES string of the molecule is CC(C)c1cccc(C(C)C)c1-c1ccc2c(c1)N(c1[c-]c(Oc3[c-]c4c(cc3)c3ccccc3n4-c3cc(C(C)(C)C)ccn3)cc(-c3ccccc3)c1)[CH-]N2c1cc(C(C)(C)c2ccccc2)cc(C(C)(C)c2ccccc2)c1.[CH3-].[Pt+4]. The van der Waals surface area contributed by atoms with E-state index < -0.39 is 0 Å². The predicted molar refractivity (Wildman–Crippen MR) is 346 cm³/mol. The molecule has 0 spiro atoms. The van der Waals surface area contributed by atoms with E-state index in [0.29, 0.717) is 23.3 Å². The van der Waals surface area contributed by atoms with Gasteiger partial charge in [0.05, 0.1) is 0 Å². The van der Waals surface area contributed by atoms with E-state index in [0.717, 1.165) is 61.5 Å². The quantitative estimate of drug-likeness (QED) is 0.108. The summed E-state index contributed by atoms with van der Waals surface area (Å²) in [7, 11) is 0. The van der Waals surface area contributed by atoms with Gasteiger partial charge < -0.3 is 26.5 Å². The monoisotopic (exact) mass is 1270 g/mol. The Hall–Kier alpha value is -7.98.